The summed E-state index contributed by atoms with van der Waals surface area (Å²) in [6.45, 7) is 11.9. The molecule has 0 aliphatic heterocycles. The van der Waals surface area contributed by atoms with Gasteiger partial charge in [-0.3, -0.25) is 0 Å². The van der Waals surface area contributed by atoms with E-state index >= 15 is 0 Å². The van der Waals surface area contributed by atoms with Crippen molar-refractivity contribution in [2.75, 3.05) is 19.6 Å². The van der Waals surface area contributed by atoms with E-state index in [-0.39, 0.29) is 0 Å². The van der Waals surface area contributed by atoms with Crippen LogP contribution in [-0.2, 0) is 4.79 Å². The second-order valence-corrected chi connectivity index (χ2v) is 7.39. The van der Waals surface area contributed by atoms with Gasteiger partial charge in [0, 0.05) is 5.57 Å². The lowest BCUT2D eigenvalue weighted by Gasteiger charge is -2.22. The Labute approximate surface area is 156 Å². The van der Waals surface area contributed by atoms with Crippen molar-refractivity contribution in [3.63, 3.8) is 0 Å². The Morgan fingerprint density at radius 1 is 0.720 bits per heavy atom. The van der Waals surface area contributed by atoms with Crippen LogP contribution in [0.5, 0.6) is 0 Å². The third-order valence-electron chi connectivity index (χ3n) is 4.91. The predicted molar refractivity (Wildman–Crippen MR) is 109 cm³/mol. The van der Waals surface area contributed by atoms with Crippen molar-refractivity contribution in [2.45, 2.75) is 104 Å². The monoisotopic (exact) mass is 353 g/mol. The van der Waals surface area contributed by atoms with Gasteiger partial charge < -0.3 is 10.0 Å². The van der Waals surface area contributed by atoms with Crippen LogP contribution in [0.3, 0.4) is 0 Å². The number of unbranched alkanes of at least 4 members (excludes halogenated alkanes) is 10. The van der Waals surface area contributed by atoms with Gasteiger partial charge in [-0.2, -0.15) is 0 Å². The molecule has 148 valence electrons. The van der Waals surface area contributed by atoms with Crippen LogP contribution in [0.15, 0.2) is 12.2 Å². The number of rotatable bonds is 19. The fourth-order valence-electron chi connectivity index (χ4n) is 3.17. The van der Waals surface area contributed by atoms with Gasteiger partial charge in [0.1, 0.15) is 0 Å². The summed E-state index contributed by atoms with van der Waals surface area (Å²) in [5.74, 6) is -0.846. The van der Waals surface area contributed by atoms with Crippen molar-refractivity contribution in [1.29, 1.82) is 0 Å². The summed E-state index contributed by atoms with van der Waals surface area (Å²) < 4.78 is 0. The van der Waals surface area contributed by atoms with Crippen LogP contribution in [0.1, 0.15) is 104 Å². The average molecular weight is 354 g/mol. The second-order valence-electron chi connectivity index (χ2n) is 7.39. The molecule has 3 nitrogen and oxygen atoms in total. The Balaban J connectivity index is 3.76. The minimum atomic E-state index is -0.846. The lowest BCUT2D eigenvalue weighted by atomic mass is 10.1. The molecule has 25 heavy (non-hydrogen) atoms. The SMILES string of the molecule is C=C(CCCCCCCN(CCCCCC)CCCCCC)C(=O)O. The Kier molecular flexibility index (Phi) is 17.4. The lowest BCUT2D eigenvalue weighted by molar-refractivity contribution is -0.132. The molecule has 0 aliphatic rings. The van der Waals surface area contributed by atoms with Crippen molar-refractivity contribution >= 4 is 5.97 Å². The van der Waals surface area contributed by atoms with Gasteiger partial charge in [0.2, 0.25) is 0 Å². The zero-order valence-corrected chi connectivity index (χ0v) is 17.0. The van der Waals surface area contributed by atoms with E-state index < -0.39 is 5.97 Å². The van der Waals surface area contributed by atoms with Gasteiger partial charge in [0.05, 0.1) is 0 Å². The van der Waals surface area contributed by atoms with Crippen LogP contribution in [0.2, 0.25) is 0 Å². The van der Waals surface area contributed by atoms with Crippen LogP contribution < -0.4 is 0 Å². The van der Waals surface area contributed by atoms with E-state index in [0.29, 0.717) is 12.0 Å². The molecule has 0 bridgehead atoms. The number of aliphatic carboxylic acids is 1. The highest BCUT2D eigenvalue weighted by atomic mass is 16.4. The van der Waals surface area contributed by atoms with Crippen molar-refractivity contribution in [3.8, 4) is 0 Å². The van der Waals surface area contributed by atoms with Crippen molar-refractivity contribution in [1.82, 2.24) is 4.90 Å². The first-order chi connectivity index (χ1) is 12.1. The van der Waals surface area contributed by atoms with Crippen LogP contribution >= 0.6 is 0 Å². The van der Waals surface area contributed by atoms with E-state index in [0.717, 1.165) is 12.8 Å². The fourth-order valence-corrected chi connectivity index (χ4v) is 3.17. The molecular weight excluding hydrogens is 310 g/mol. The average Bonchev–Trinajstić information content (AvgIpc) is 2.60. The molecule has 0 aromatic rings. The lowest BCUT2D eigenvalue weighted by Crippen LogP contribution is -2.27. The smallest absolute Gasteiger partial charge is 0.330 e. The molecule has 0 aromatic heterocycles. The van der Waals surface area contributed by atoms with Crippen molar-refractivity contribution in [3.05, 3.63) is 12.2 Å². The summed E-state index contributed by atoms with van der Waals surface area (Å²) in [6, 6.07) is 0. The quantitative estimate of drug-likeness (QED) is 0.215. The number of hydrogen-bond acceptors (Lipinski definition) is 2. The Morgan fingerprint density at radius 3 is 1.56 bits per heavy atom. The summed E-state index contributed by atoms with van der Waals surface area (Å²) in [6.07, 6.45) is 17.3. The van der Waals surface area contributed by atoms with Crippen molar-refractivity contribution in [2.24, 2.45) is 0 Å². The zero-order chi connectivity index (χ0) is 18.8. The fraction of sp³-hybridized carbons (Fsp3) is 0.864. The van der Waals surface area contributed by atoms with Gasteiger partial charge in [-0.05, 0) is 51.7 Å². The summed E-state index contributed by atoms with van der Waals surface area (Å²) >= 11 is 0. The van der Waals surface area contributed by atoms with Crippen LogP contribution in [0.25, 0.3) is 0 Å². The molecule has 0 aliphatic carbocycles. The second kappa shape index (κ2) is 18.0. The molecule has 0 heterocycles. The molecule has 0 atom stereocenters. The summed E-state index contributed by atoms with van der Waals surface area (Å²) in [5.41, 5.74) is 0.352. The van der Waals surface area contributed by atoms with E-state index in [1.54, 1.807) is 0 Å². The largest absolute Gasteiger partial charge is 0.478 e. The highest BCUT2D eigenvalue weighted by Crippen LogP contribution is 2.11. The number of carbonyl (C=O) groups is 1. The molecule has 0 radical (unpaired) electrons. The Morgan fingerprint density at radius 2 is 1.12 bits per heavy atom. The standard InChI is InChI=1S/C22H43NO2/c1-4-6-8-14-18-23(19-15-9-7-5-2)20-16-12-10-11-13-17-21(3)22(24)25/h3-20H2,1-2H3,(H,24,25). The van der Waals surface area contributed by atoms with E-state index in [9.17, 15) is 4.79 Å². The van der Waals surface area contributed by atoms with Gasteiger partial charge in [0.15, 0.2) is 0 Å². The summed E-state index contributed by atoms with van der Waals surface area (Å²) in [7, 11) is 0. The summed E-state index contributed by atoms with van der Waals surface area (Å²) in [5, 5.41) is 8.79. The Hall–Kier alpha value is -0.830. The molecular formula is C22H43NO2. The van der Waals surface area contributed by atoms with Crippen LogP contribution in [0, 0.1) is 0 Å². The molecule has 0 spiro atoms. The first-order valence-electron chi connectivity index (χ1n) is 10.7. The normalized spacial score (nSPS) is 11.2. The highest BCUT2D eigenvalue weighted by molar-refractivity contribution is 5.85. The summed E-state index contributed by atoms with van der Waals surface area (Å²) in [4.78, 5) is 13.4. The van der Waals surface area contributed by atoms with Gasteiger partial charge in [-0.25, -0.2) is 4.79 Å². The third kappa shape index (κ3) is 16.4. The van der Waals surface area contributed by atoms with Crippen LogP contribution in [0.4, 0.5) is 0 Å². The van der Waals surface area contributed by atoms with E-state index in [2.05, 4.69) is 25.3 Å². The highest BCUT2D eigenvalue weighted by Gasteiger charge is 2.05. The third-order valence-corrected chi connectivity index (χ3v) is 4.91. The topological polar surface area (TPSA) is 40.5 Å². The maximum absolute atomic E-state index is 10.7. The molecule has 0 saturated carbocycles. The van der Waals surface area contributed by atoms with Gasteiger partial charge >= 0.3 is 5.97 Å². The number of carboxylic acids is 1. The molecule has 0 amide bonds. The van der Waals surface area contributed by atoms with E-state index in [1.165, 1.54) is 90.3 Å². The van der Waals surface area contributed by atoms with E-state index in [1.807, 2.05) is 0 Å². The molecule has 0 rings (SSSR count). The maximum atomic E-state index is 10.7. The Bertz CT molecular complexity index is 316. The number of carboxylic acid groups (broad SMARTS) is 1. The first kappa shape index (κ1) is 24.2. The van der Waals surface area contributed by atoms with Crippen LogP contribution in [-0.4, -0.2) is 35.6 Å². The predicted octanol–water partition coefficient (Wildman–Crippen LogP) is 6.43. The first-order valence-corrected chi connectivity index (χ1v) is 10.7. The van der Waals surface area contributed by atoms with Gasteiger partial charge in [0.25, 0.3) is 0 Å². The van der Waals surface area contributed by atoms with E-state index in [4.69, 9.17) is 5.11 Å². The molecule has 0 aromatic carbocycles. The molecule has 0 fully saturated rings. The minimum Gasteiger partial charge on any atom is -0.478 e. The zero-order valence-electron chi connectivity index (χ0n) is 17.0. The van der Waals surface area contributed by atoms with Gasteiger partial charge in [-0.1, -0.05) is 78.2 Å². The molecule has 0 unspecified atom stereocenters. The molecule has 0 saturated heterocycles. The van der Waals surface area contributed by atoms with Gasteiger partial charge in [-0.15, -0.1) is 0 Å². The number of nitrogens with zero attached hydrogens (tertiary/aromatic N) is 1. The minimum absolute atomic E-state index is 0.352. The van der Waals surface area contributed by atoms with Crippen molar-refractivity contribution < 1.29 is 9.90 Å². The maximum Gasteiger partial charge on any atom is 0.330 e. The molecule has 1 N–H and O–H groups in total. The molecule has 3 heteroatoms. The number of hydrogen-bond donors (Lipinski definition) is 1.